The molecule has 98 valence electrons. The quantitative estimate of drug-likeness (QED) is 0.770. The van der Waals surface area contributed by atoms with Crippen molar-refractivity contribution in [3.05, 3.63) is 65.7 Å². The van der Waals surface area contributed by atoms with E-state index in [2.05, 4.69) is 22.8 Å². The van der Waals surface area contributed by atoms with Crippen LogP contribution >= 0.6 is 0 Å². The van der Waals surface area contributed by atoms with Crippen LogP contribution in [0.5, 0.6) is 0 Å². The zero-order valence-electron chi connectivity index (χ0n) is 10.5. The van der Waals surface area contributed by atoms with Crippen LogP contribution in [0.15, 0.2) is 54.6 Å². The molecular formula is C15H16N2O2. The van der Waals surface area contributed by atoms with E-state index < -0.39 is 6.09 Å². The summed E-state index contributed by atoms with van der Waals surface area (Å²) in [5.41, 5.74) is 2.94. The lowest BCUT2D eigenvalue weighted by Crippen LogP contribution is -2.12. The predicted molar refractivity (Wildman–Crippen MR) is 75.1 cm³/mol. The van der Waals surface area contributed by atoms with Crippen molar-refractivity contribution in [1.82, 2.24) is 5.32 Å². The minimum absolute atomic E-state index is 0.583. The maximum Gasteiger partial charge on any atom is 0.409 e. The van der Waals surface area contributed by atoms with Crippen molar-refractivity contribution < 1.29 is 9.90 Å². The third-order valence-corrected chi connectivity index (χ3v) is 2.71. The van der Waals surface area contributed by atoms with Gasteiger partial charge in [0, 0.05) is 18.8 Å². The first-order valence-electron chi connectivity index (χ1n) is 6.07. The van der Waals surface area contributed by atoms with Crippen LogP contribution in [-0.4, -0.2) is 11.2 Å². The van der Waals surface area contributed by atoms with Crippen LogP contribution in [-0.2, 0) is 13.1 Å². The molecule has 2 aromatic rings. The van der Waals surface area contributed by atoms with Gasteiger partial charge >= 0.3 is 6.09 Å². The highest BCUT2D eigenvalue weighted by Crippen LogP contribution is 2.09. The molecule has 19 heavy (non-hydrogen) atoms. The first kappa shape index (κ1) is 13.1. The Labute approximate surface area is 112 Å². The second-order valence-electron chi connectivity index (χ2n) is 4.22. The van der Waals surface area contributed by atoms with Crippen LogP contribution in [0.1, 0.15) is 11.1 Å². The highest BCUT2D eigenvalue weighted by atomic mass is 16.4. The topological polar surface area (TPSA) is 61.4 Å². The van der Waals surface area contributed by atoms with Crippen LogP contribution < -0.4 is 10.6 Å². The van der Waals surface area contributed by atoms with Crippen molar-refractivity contribution in [2.45, 2.75) is 13.1 Å². The molecule has 0 heterocycles. The zero-order chi connectivity index (χ0) is 13.5. The summed E-state index contributed by atoms with van der Waals surface area (Å²) in [6.07, 6.45) is -1.05. The lowest BCUT2D eigenvalue weighted by molar-refractivity contribution is 0.210. The third kappa shape index (κ3) is 4.44. The lowest BCUT2D eigenvalue weighted by atomic mass is 10.2. The van der Waals surface area contributed by atoms with E-state index in [4.69, 9.17) is 5.11 Å². The van der Waals surface area contributed by atoms with E-state index in [9.17, 15) is 4.79 Å². The van der Waals surface area contributed by atoms with Gasteiger partial charge in [-0.25, -0.2) is 4.79 Å². The molecular weight excluding hydrogens is 240 g/mol. The van der Waals surface area contributed by atoms with Gasteiger partial charge in [0.05, 0.1) is 0 Å². The fraction of sp³-hybridized carbons (Fsp3) is 0.133. The van der Waals surface area contributed by atoms with Crippen LogP contribution in [0, 0.1) is 0 Å². The molecule has 0 aliphatic rings. The molecule has 3 N–H and O–H groups in total. The molecule has 0 radical (unpaired) electrons. The minimum atomic E-state index is -1.05. The molecule has 2 aromatic carbocycles. The van der Waals surface area contributed by atoms with Gasteiger partial charge in [0.2, 0.25) is 0 Å². The summed E-state index contributed by atoms with van der Waals surface area (Å²) >= 11 is 0. The van der Waals surface area contributed by atoms with Crippen molar-refractivity contribution in [1.29, 1.82) is 0 Å². The molecule has 0 spiro atoms. The minimum Gasteiger partial charge on any atom is -0.465 e. The molecule has 0 unspecified atom stereocenters. The number of rotatable bonds is 5. The molecule has 0 saturated heterocycles. The molecule has 1 amide bonds. The average molecular weight is 256 g/mol. The second kappa shape index (κ2) is 6.56. The molecule has 0 atom stereocenters. The van der Waals surface area contributed by atoms with E-state index >= 15 is 0 Å². The molecule has 0 aliphatic carbocycles. The Kier molecular flexibility index (Phi) is 4.53. The van der Waals surface area contributed by atoms with Crippen LogP contribution in [0.3, 0.4) is 0 Å². The van der Waals surface area contributed by atoms with E-state index in [0.29, 0.717) is 5.69 Å². The van der Waals surface area contributed by atoms with Crippen molar-refractivity contribution in [2.24, 2.45) is 0 Å². The van der Waals surface area contributed by atoms with Gasteiger partial charge in [-0.2, -0.15) is 0 Å². The SMILES string of the molecule is O=C(O)Nc1ccc(CNCc2ccccc2)cc1. The van der Waals surface area contributed by atoms with Gasteiger partial charge in [-0.05, 0) is 23.3 Å². The molecule has 0 aromatic heterocycles. The highest BCUT2D eigenvalue weighted by molar-refractivity contribution is 5.82. The van der Waals surface area contributed by atoms with Gasteiger partial charge < -0.3 is 10.4 Å². The number of benzene rings is 2. The number of anilines is 1. The maximum absolute atomic E-state index is 10.5. The van der Waals surface area contributed by atoms with Gasteiger partial charge in [0.1, 0.15) is 0 Å². The lowest BCUT2D eigenvalue weighted by Gasteiger charge is -2.06. The normalized spacial score (nSPS) is 10.1. The largest absolute Gasteiger partial charge is 0.465 e. The Bertz CT molecular complexity index is 524. The fourth-order valence-electron chi connectivity index (χ4n) is 1.78. The first-order valence-corrected chi connectivity index (χ1v) is 6.07. The highest BCUT2D eigenvalue weighted by Gasteiger charge is 1.98. The summed E-state index contributed by atoms with van der Waals surface area (Å²) in [5, 5.41) is 14.2. The number of carbonyl (C=O) groups is 1. The Hall–Kier alpha value is -2.33. The van der Waals surface area contributed by atoms with E-state index in [1.54, 1.807) is 12.1 Å². The van der Waals surface area contributed by atoms with Gasteiger partial charge in [0.25, 0.3) is 0 Å². The van der Waals surface area contributed by atoms with Crippen LogP contribution in [0.25, 0.3) is 0 Å². The molecule has 0 fully saturated rings. The molecule has 4 nitrogen and oxygen atoms in total. The number of hydrogen-bond acceptors (Lipinski definition) is 2. The van der Waals surface area contributed by atoms with E-state index in [1.807, 2.05) is 30.3 Å². The van der Waals surface area contributed by atoms with Crippen LogP contribution in [0.4, 0.5) is 10.5 Å². The Morgan fingerprint density at radius 1 is 0.895 bits per heavy atom. The van der Waals surface area contributed by atoms with E-state index in [1.165, 1.54) is 5.56 Å². The van der Waals surface area contributed by atoms with E-state index in [0.717, 1.165) is 18.7 Å². The molecule has 2 rings (SSSR count). The second-order valence-corrected chi connectivity index (χ2v) is 4.22. The van der Waals surface area contributed by atoms with Gasteiger partial charge in [-0.3, -0.25) is 5.32 Å². The van der Waals surface area contributed by atoms with E-state index in [-0.39, 0.29) is 0 Å². The standard InChI is InChI=1S/C15H16N2O2/c18-15(19)17-14-8-6-13(7-9-14)11-16-10-12-4-2-1-3-5-12/h1-9,16-17H,10-11H2,(H,18,19). The molecule has 0 saturated carbocycles. The Morgan fingerprint density at radius 3 is 2.05 bits per heavy atom. The predicted octanol–water partition coefficient (Wildman–Crippen LogP) is 3.07. The Morgan fingerprint density at radius 2 is 1.47 bits per heavy atom. The summed E-state index contributed by atoms with van der Waals surface area (Å²) in [7, 11) is 0. The number of nitrogens with one attached hydrogen (secondary N) is 2. The van der Waals surface area contributed by atoms with Gasteiger partial charge in [-0.15, -0.1) is 0 Å². The number of hydrogen-bond donors (Lipinski definition) is 3. The van der Waals surface area contributed by atoms with Crippen molar-refractivity contribution in [2.75, 3.05) is 5.32 Å². The fourth-order valence-corrected chi connectivity index (χ4v) is 1.78. The maximum atomic E-state index is 10.5. The molecule has 0 aliphatic heterocycles. The number of amides is 1. The average Bonchev–Trinajstić information content (AvgIpc) is 2.41. The number of carboxylic acid groups (broad SMARTS) is 1. The van der Waals surface area contributed by atoms with Crippen molar-refractivity contribution in [3.8, 4) is 0 Å². The zero-order valence-corrected chi connectivity index (χ0v) is 10.5. The summed E-state index contributed by atoms with van der Waals surface area (Å²) in [6.45, 7) is 1.57. The van der Waals surface area contributed by atoms with Gasteiger partial charge in [0.15, 0.2) is 0 Å². The summed E-state index contributed by atoms with van der Waals surface area (Å²) in [6, 6.07) is 17.5. The smallest absolute Gasteiger partial charge is 0.409 e. The molecule has 4 heteroatoms. The van der Waals surface area contributed by atoms with Crippen LogP contribution in [0.2, 0.25) is 0 Å². The van der Waals surface area contributed by atoms with Crippen molar-refractivity contribution in [3.63, 3.8) is 0 Å². The summed E-state index contributed by atoms with van der Waals surface area (Å²) in [5.74, 6) is 0. The third-order valence-electron chi connectivity index (χ3n) is 2.71. The monoisotopic (exact) mass is 256 g/mol. The summed E-state index contributed by atoms with van der Waals surface area (Å²) < 4.78 is 0. The first-order chi connectivity index (χ1) is 9.24. The molecule has 0 bridgehead atoms. The van der Waals surface area contributed by atoms with Crippen molar-refractivity contribution >= 4 is 11.8 Å². The summed E-state index contributed by atoms with van der Waals surface area (Å²) in [4.78, 5) is 10.5. The van der Waals surface area contributed by atoms with Gasteiger partial charge in [-0.1, -0.05) is 42.5 Å². The Balaban J connectivity index is 1.81.